The lowest BCUT2D eigenvalue weighted by Crippen LogP contribution is -2.18. The quantitative estimate of drug-likeness (QED) is 0.902. The second-order valence-electron chi connectivity index (χ2n) is 6.43. The fraction of sp³-hybridized carbons (Fsp3) is 0.294. The van der Waals surface area contributed by atoms with Crippen LogP contribution in [0.1, 0.15) is 31.9 Å². The Labute approximate surface area is 135 Å². The van der Waals surface area contributed by atoms with Crippen LogP contribution in [-0.4, -0.2) is 8.42 Å². The van der Waals surface area contributed by atoms with Gasteiger partial charge in [-0.15, -0.1) is 0 Å². The van der Waals surface area contributed by atoms with E-state index in [0.29, 0.717) is 5.56 Å². The lowest BCUT2D eigenvalue weighted by molar-refractivity contribution is 0.579. The van der Waals surface area contributed by atoms with Gasteiger partial charge in [0.2, 0.25) is 0 Å². The molecule has 23 heavy (non-hydrogen) atoms. The maximum Gasteiger partial charge on any atom is 0.262 e. The molecule has 0 fully saturated rings. The Bertz CT molecular complexity index is 820. The summed E-state index contributed by atoms with van der Waals surface area (Å²) in [5.74, 6) is -1.92. The topological polar surface area (TPSA) is 46.2 Å². The van der Waals surface area contributed by atoms with E-state index >= 15 is 0 Å². The molecule has 0 radical (unpaired) electrons. The molecule has 2 aromatic carbocycles. The molecule has 124 valence electrons. The normalized spacial score (nSPS) is 12.3. The van der Waals surface area contributed by atoms with Gasteiger partial charge in [0.05, 0.1) is 4.90 Å². The number of nitrogens with one attached hydrogen (secondary N) is 1. The number of anilines is 1. The van der Waals surface area contributed by atoms with Crippen LogP contribution >= 0.6 is 0 Å². The molecule has 0 saturated heterocycles. The van der Waals surface area contributed by atoms with Gasteiger partial charge in [-0.2, -0.15) is 0 Å². The maximum atomic E-state index is 13.7. The minimum absolute atomic E-state index is 0.00702. The third kappa shape index (κ3) is 3.69. The van der Waals surface area contributed by atoms with E-state index in [1.165, 1.54) is 12.1 Å². The Balaban J connectivity index is 2.52. The van der Waals surface area contributed by atoms with Gasteiger partial charge in [0.25, 0.3) is 10.0 Å². The highest BCUT2D eigenvalue weighted by Crippen LogP contribution is 2.28. The zero-order valence-electron chi connectivity index (χ0n) is 13.4. The van der Waals surface area contributed by atoms with Gasteiger partial charge in [-0.05, 0) is 41.7 Å². The second-order valence-corrected chi connectivity index (χ2v) is 8.08. The number of halogens is 2. The fourth-order valence-corrected chi connectivity index (χ4v) is 3.49. The predicted molar refractivity (Wildman–Crippen MR) is 87.0 cm³/mol. The van der Waals surface area contributed by atoms with Crippen molar-refractivity contribution in [3.63, 3.8) is 0 Å². The molecule has 0 aliphatic heterocycles. The van der Waals surface area contributed by atoms with Gasteiger partial charge < -0.3 is 0 Å². The third-order valence-electron chi connectivity index (χ3n) is 3.54. The molecule has 0 spiro atoms. The first-order chi connectivity index (χ1) is 10.5. The first kappa shape index (κ1) is 17.4. The molecule has 0 aliphatic carbocycles. The van der Waals surface area contributed by atoms with Gasteiger partial charge in [0.15, 0.2) is 0 Å². The summed E-state index contributed by atoms with van der Waals surface area (Å²) in [7, 11) is -4.10. The minimum Gasteiger partial charge on any atom is -0.274 e. The van der Waals surface area contributed by atoms with E-state index in [9.17, 15) is 17.2 Å². The van der Waals surface area contributed by atoms with Crippen LogP contribution in [0.25, 0.3) is 0 Å². The smallest absolute Gasteiger partial charge is 0.262 e. The molecular formula is C17H19F2NO2S. The van der Waals surface area contributed by atoms with Crippen molar-refractivity contribution in [2.24, 2.45) is 0 Å². The van der Waals surface area contributed by atoms with Crippen molar-refractivity contribution < 1.29 is 17.2 Å². The van der Waals surface area contributed by atoms with Crippen molar-refractivity contribution in [3.05, 3.63) is 59.2 Å². The Morgan fingerprint density at radius 1 is 1.00 bits per heavy atom. The Hall–Kier alpha value is -1.95. The third-order valence-corrected chi connectivity index (χ3v) is 5.03. The number of para-hydroxylation sites is 1. The van der Waals surface area contributed by atoms with E-state index in [-0.39, 0.29) is 10.3 Å². The molecule has 0 unspecified atom stereocenters. The second kappa shape index (κ2) is 5.92. The lowest BCUT2D eigenvalue weighted by atomic mass is 9.87. The summed E-state index contributed by atoms with van der Waals surface area (Å²) in [5.41, 5.74) is 0.397. The van der Waals surface area contributed by atoms with Crippen molar-refractivity contribution in [1.82, 2.24) is 0 Å². The van der Waals surface area contributed by atoms with Crippen molar-refractivity contribution >= 4 is 15.7 Å². The summed E-state index contributed by atoms with van der Waals surface area (Å²) in [5, 5.41) is 0. The number of benzene rings is 2. The summed E-state index contributed by atoms with van der Waals surface area (Å²) < 4.78 is 54.5. The molecule has 0 saturated carbocycles. The predicted octanol–water partition coefficient (Wildman–Crippen LogP) is 4.37. The molecule has 1 N–H and O–H groups in total. The molecular weight excluding hydrogens is 320 g/mol. The van der Waals surface area contributed by atoms with Crippen molar-refractivity contribution in [2.75, 3.05) is 4.72 Å². The van der Waals surface area contributed by atoms with Crippen LogP contribution < -0.4 is 4.72 Å². The van der Waals surface area contributed by atoms with Gasteiger partial charge in [0, 0.05) is 0 Å². The summed E-state index contributed by atoms with van der Waals surface area (Å²) in [4.78, 5) is 0.00702. The molecule has 0 aliphatic rings. The van der Waals surface area contributed by atoms with Crippen LogP contribution in [0.5, 0.6) is 0 Å². The Morgan fingerprint density at radius 2 is 1.57 bits per heavy atom. The average molecular weight is 339 g/mol. The molecule has 0 heterocycles. The van der Waals surface area contributed by atoms with Crippen molar-refractivity contribution in [2.45, 2.75) is 38.0 Å². The standard InChI is InChI=1S/C17H19F2NO2S/c1-11-8-9-12(17(2,3)4)10-15(11)23(21,22)20-16-13(18)6-5-7-14(16)19/h5-10,20H,1-4H3. The molecule has 6 heteroatoms. The largest absolute Gasteiger partial charge is 0.274 e. The number of aryl methyl sites for hydroxylation is 1. The molecule has 2 aromatic rings. The average Bonchev–Trinajstić information content (AvgIpc) is 2.42. The molecule has 0 bridgehead atoms. The number of sulfonamides is 1. The maximum absolute atomic E-state index is 13.7. The van der Waals surface area contributed by atoms with Crippen molar-refractivity contribution in [1.29, 1.82) is 0 Å². The number of rotatable bonds is 3. The fourth-order valence-electron chi connectivity index (χ4n) is 2.14. The summed E-state index contributed by atoms with van der Waals surface area (Å²) >= 11 is 0. The zero-order chi connectivity index (χ0) is 17.4. The monoisotopic (exact) mass is 339 g/mol. The molecule has 0 amide bonds. The highest BCUT2D eigenvalue weighted by atomic mass is 32.2. The van der Waals surface area contributed by atoms with E-state index in [4.69, 9.17) is 0 Å². The van der Waals surface area contributed by atoms with E-state index in [2.05, 4.69) is 0 Å². The van der Waals surface area contributed by atoms with Crippen LogP contribution in [-0.2, 0) is 15.4 Å². The molecule has 0 atom stereocenters. The van der Waals surface area contributed by atoms with Crippen molar-refractivity contribution in [3.8, 4) is 0 Å². The van der Waals surface area contributed by atoms with E-state index in [0.717, 1.165) is 17.7 Å². The van der Waals surface area contributed by atoms with Gasteiger partial charge in [-0.1, -0.05) is 39.0 Å². The van der Waals surface area contributed by atoms with E-state index in [1.807, 2.05) is 31.6 Å². The first-order valence-electron chi connectivity index (χ1n) is 7.10. The van der Waals surface area contributed by atoms with Crippen LogP contribution in [0.2, 0.25) is 0 Å². The summed E-state index contributed by atoms with van der Waals surface area (Å²) in [6.45, 7) is 7.51. The zero-order valence-corrected chi connectivity index (χ0v) is 14.3. The highest BCUT2D eigenvalue weighted by Gasteiger charge is 2.23. The first-order valence-corrected chi connectivity index (χ1v) is 8.58. The Kier molecular flexibility index (Phi) is 4.48. The van der Waals surface area contributed by atoms with Gasteiger partial charge in [-0.3, -0.25) is 4.72 Å². The number of hydrogen-bond donors (Lipinski definition) is 1. The molecule has 2 rings (SSSR count). The van der Waals surface area contributed by atoms with Gasteiger partial charge in [0.1, 0.15) is 17.3 Å². The number of hydrogen-bond acceptors (Lipinski definition) is 2. The molecule has 3 nitrogen and oxygen atoms in total. The van der Waals surface area contributed by atoms with E-state index in [1.54, 1.807) is 13.0 Å². The van der Waals surface area contributed by atoms with Crippen LogP contribution in [0.15, 0.2) is 41.3 Å². The van der Waals surface area contributed by atoms with Crippen LogP contribution in [0.4, 0.5) is 14.5 Å². The highest BCUT2D eigenvalue weighted by molar-refractivity contribution is 7.92. The summed E-state index contributed by atoms with van der Waals surface area (Å²) in [6, 6.07) is 8.24. The molecule has 0 aromatic heterocycles. The summed E-state index contributed by atoms with van der Waals surface area (Å²) in [6.07, 6.45) is 0. The Morgan fingerprint density at radius 3 is 2.09 bits per heavy atom. The minimum atomic E-state index is -4.10. The van der Waals surface area contributed by atoms with Crippen LogP contribution in [0.3, 0.4) is 0 Å². The van der Waals surface area contributed by atoms with Gasteiger partial charge >= 0.3 is 0 Å². The SMILES string of the molecule is Cc1ccc(C(C)(C)C)cc1S(=O)(=O)Nc1c(F)cccc1F. The van der Waals surface area contributed by atoms with E-state index < -0.39 is 27.3 Å². The lowest BCUT2D eigenvalue weighted by Gasteiger charge is -2.21. The van der Waals surface area contributed by atoms with Gasteiger partial charge in [-0.25, -0.2) is 17.2 Å². The van der Waals surface area contributed by atoms with Crippen LogP contribution in [0, 0.1) is 18.6 Å².